The molecular weight excluding hydrogens is 280 g/mol. The summed E-state index contributed by atoms with van der Waals surface area (Å²) < 4.78 is 5.30. The van der Waals surface area contributed by atoms with Crippen LogP contribution in [0.3, 0.4) is 0 Å². The van der Waals surface area contributed by atoms with Crippen molar-refractivity contribution < 1.29 is 14.3 Å². The number of carbonyl (C=O) groups excluding carboxylic acids is 2. The lowest BCUT2D eigenvalue weighted by molar-refractivity contribution is -0.133. The van der Waals surface area contributed by atoms with E-state index in [-0.39, 0.29) is 17.7 Å². The molecular formula is C17H24N2O3. The molecule has 1 heterocycles. The summed E-state index contributed by atoms with van der Waals surface area (Å²) in [5.41, 5.74) is 1.09. The maximum Gasteiger partial charge on any atom is 0.223 e. The number of hydrogen-bond donors (Lipinski definition) is 1. The predicted octanol–water partition coefficient (Wildman–Crippen LogP) is 1.61. The van der Waals surface area contributed by atoms with Crippen LogP contribution in [0.4, 0.5) is 0 Å². The zero-order valence-corrected chi connectivity index (χ0v) is 13.3. The molecule has 1 aromatic carbocycles. The van der Waals surface area contributed by atoms with E-state index >= 15 is 0 Å². The van der Waals surface area contributed by atoms with Crippen molar-refractivity contribution in [2.75, 3.05) is 26.7 Å². The minimum absolute atomic E-state index is 0.0215. The van der Waals surface area contributed by atoms with Crippen LogP contribution in [-0.2, 0) is 16.0 Å². The fourth-order valence-electron chi connectivity index (χ4n) is 2.83. The van der Waals surface area contributed by atoms with Gasteiger partial charge in [0.25, 0.3) is 0 Å². The van der Waals surface area contributed by atoms with Gasteiger partial charge in [0.15, 0.2) is 0 Å². The Bertz CT molecular complexity index is 522. The molecule has 2 amide bonds. The van der Waals surface area contributed by atoms with Crippen LogP contribution in [0, 0.1) is 5.92 Å². The first-order chi connectivity index (χ1) is 10.6. The number of methoxy groups -OCH3 is 1. The molecule has 0 bridgehead atoms. The summed E-state index contributed by atoms with van der Waals surface area (Å²) in [4.78, 5) is 25.3. The molecule has 1 aliphatic rings. The third kappa shape index (κ3) is 4.23. The van der Waals surface area contributed by atoms with E-state index in [4.69, 9.17) is 4.74 Å². The Hall–Kier alpha value is -2.04. The Labute approximate surface area is 131 Å². The minimum Gasteiger partial charge on any atom is -0.496 e. The van der Waals surface area contributed by atoms with Crippen LogP contribution in [0.5, 0.6) is 5.75 Å². The molecule has 120 valence electrons. The number of hydrogen-bond acceptors (Lipinski definition) is 3. The van der Waals surface area contributed by atoms with Crippen molar-refractivity contribution >= 4 is 11.8 Å². The molecule has 0 aromatic heterocycles. The van der Waals surface area contributed by atoms with Crippen molar-refractivity contribution in [2.24, 2.45) is 5.92 Å². The molecule has 0 spiro atoms. The SMILES string of the molecule is COc1ccccc1CCNC(=O)C1CCN(C(C)=O)CC1. The van der Waals surface area contributed by atoms with Crippen molar-refractivity contribution in [1.29, 1.82) is 0 Å². The lowest BCUT2D eigenvalue weighted by Gasteiger charge is -2.30. The van der Waals surface area contributed by atoms with Gasteiger partial charge in [0, 0.05) is 32.5 Å². The highest BCUT2D eigenvalue weighted by Crippen LogP contribution is 2.19. The van der Waals surface area contributed by atoms with Crippen molar-refractivity contribution in [3.63, 3.8) is 0 Å². The Morgan fingerprint density at radius 2 is 1.95 bits per heavy atom. The number of ether oxygens (including phenoxy) is 1. The molecule has 0 aliphatic carbocycles. The summed E-state index contributed by atoms with van der Waals surface area (Å²) in [6.07, 6.45) is 2.25. The molecule has 1 fully saturated rings. The van der Waals surface area contributed by atoms with Crippen molar-refractivity contribution in [3.05, 3.63) is 29.8 Å². The zero-order chi connectivity index (χ0) is 15.9. The fourth-order valence-corrected chi connectivity index (χ4v) is 2.83. The summed E-state index contributed by atoms with van der Waals surface area (Å²) in [6, 6.07) is 7.84. The number of nitrogens with one attached hydrogen (secondary N) is 1. The van der Waals surface area contributed by atoms with Gasteiger partial charge in [0.1, 0.15) is 5.75 Å². The molecule has 1 aromatic rings. The third-order valence-electron chi connectivity index (χ3n) is 4.20. The third-order valence-corrected chi connectivity index (χ3v) is 4.20. The normalized spacial score (nSPS) is 15.5. The molecule has 5 nitrogen and oxygen atoms in total. The van der Waals surface area contributed by atoms with Crippen LogP contribution in [0.1, 0.15) is 25.3 Å². The van der Waals surface area contributed by atoms with Crippen LogP contribution in [0.2, 0.25) is 0 Å². The lowest BCUT2D eigenvalue weighted by atomic mass is 9.96. The first kappa shape index (κ1) is 16.3. The first-order valence-electron chi connectivity index (χ1n) is 7.77. The van der Waals surface area contributed by atoms with Gasteiger partial charge in [-0.1, -0.05) is 18.2 Å². The van der Waals surface area contributed by atoms with Gasteiger partial charge in [-0.3, -0.25) is 9.59 Å². The number of amides is 2. The number of nitrogens with zero attached hydrogens (tertiary/aromatic N) is 1. The second-order valence-electron chi connectivity index (χ2n) is 5.63. The number of piperidine rings is 1. The van der Waals surface area contributed by atoms with E-state index in [0.717, 1.165) is 30.6 Å². The highest BCUT2D eigenvalue weighted by atomic mass is 16.5. The second kappa shape index (κ2) is 7.82. The summed E-state index contributed by atoms with van der Waals surface area (Å²) >= 11 is 0. The van der Waals surface area contributed by atoms with Gasteiger partial charge in [-0.2, -0.15) is 0 Å². The molecule has 0 radical (unpaired) electrons. The van der Waals surface area contributed by atoms with E-state index < -0.39 is 0 Å². The van der Waals surface area contributed by atoms with Gasteiger partial charge in [0.2, 0.25) is 11.8 Å². The van der Waals surface area contributed by atoms with Crippen LogP contribution in [-0.4, -0.2) is 43.5 Å². The van der Waals surface area contributed by atoms with Gasteiger partial charge >= 0.3 is 0 Å². The smallest absolute Gasteiger partial charge is 0.223 e. The predicted molar refractivity (Wildman–Crippen MR) is 84.7 cm³/mol. The maximum atomic E-state index is 12.2. The second-order valence-corrected chi connectivity index (χ2v) is 5.63. The van der Waals surface area contributed by atoms with E-state index in [2.05, 4.69) is 5.32 Å². The molecule has 22 heavy (non-hydrogen) atoms. The number of benzene rings is 1. The van der Waals surface area contributed by atoms with Crippen molar-refractivity contribution in [2.45, 2.75) is 26.2 Å². The summed E-state index contributed by atoms with van der Waals surface area (Å²) in [6.45, 7) is 3.54. The highest BCUT2D eigenvalue weighted by molar-refractivity contribution is 5.79. The summed E-state index contributed by atoms with van der Waals surface area (Å²) in [7, 11) is 1.65. The van der Waals surface area contributed by atoms with Crippen LogP contribution in [0.25, 0.3) is 0 Å². The van der Waals surface area contributed by atoms with Crippen molar-refractivity contribution in [1.82, 2.24) is 10.2 Å². The number of rotatable bonds is 5. The number of likely N-dealkylation sites (tertiary alicyclic amines) is 1. The standard InChI is InChI=1S/C17H24N2O3/c1-13(20)19-11-8-15(9-12-19)17(21)18-10-7-14-5-3-4-6-16(14)22-2/h3-6,15H,7-12H2,1-2H3,(H,18,21). The van der Waals surface area contributed by atoms with Crippen LogP contribution < -0.4 is 10.1 Å². The van der Waals surface area contributed by atoms with Crippen LogP contribution in [0.15, 0.2) is 24.3 Å². The fraction of sp³-hybridized carbons (Fsp3) is 0.529. The van der Waals surface area contributed by atoms with E-state index in [1.54, 1.807) is 18.9 Å². The summed E-state index contributed by atoms with van der Waals surface area (Å²) in [5, 5.41) is 3.00. The monoisotopic (exact) mass is 304 g/mol. The van der Waals surface area contributed by atoms with E-state index in [1.807, 2.05) is 24.3 Å². The molecule has 0 unspecified atom stereocenters. The van der Waals surface area contributed by atoms with Crippen molar-refractivity contribution in [3.8, 4) is 5.75 Å². The molecule has 5 heteroatoms. The maximum absolute atomic E-state index is 12.2. The topological polar surface area (TPSA) is 58.6 Å². The lowest BCUT2D eigenvalue weighted by Crippen LogP contribution is -2.42. The van der Waals surface area contributed by atoms with E-state index in [9.17, 15) is 9.59 Å². The molecule has 1 saturated heterocycles. The molecule has 0 atom stereocenters. The molecule has 0 saturated carbocycles. The average Bonchev–Trinajstić information content (AvgIpc) is 2.55. The van der Waals surface area contributed by atoms with Gasteiger partial charge < -0.3 is 15.0 Å². The van der Waals surface area contributed by atoms with E-state index in [1.165, 1.54) is 0 Å². The Morgan fingerprint density at radius 1 is 1.27 bits per heavy atom. The molecule has 1 N–H and O–H groups in total. The zero-order valence-electron chi connectivity index (χ0n) is 13.3. The Morgan fingerprint density at radius 3 is 2.59 bits per heavy atom. The molecule has 2 rings (SSSR count). The highest BCUT2D eigenvalue weighted by Gasteiger charge is 2.25. The van der Waals surface area contributed by atoms with Gasteiger partial charge in [0.05, 0.1) is 7.11 Å². The number of para-hydroxylation sites is 1. The first-order valence-corrected chi connectivity index (χ1v) is 7.77. The minimum atomic E-state index is 0.0215. The molecule has 1 aliphatic heterocycles. The quantitative estimate of drug-likeness (QED) is 0.899. The van der Waals surface area contributed by atoms with E-state index in [0.29, 0.717) is 19.6 Å². The average molecular weight is 304 g/mol. The van der Waals surface area contributed by atoms with Gasteiger partial charge in [-0.05, 0) is 30.9 Å². The van der Waals surface area contributed by atoms with Gasteiger partial charge in [-0.25, -0.2) is 0 Å². The summed E-state index contributed by atoms with van der Waals surface area (Å²) in [5.74, 6) is 1.06. The van der Waals surface area contributed by atoms with Crippen LogP contribution >= 0.6 is 0 Å². The Balaban J connectivity index is 1.75. The van der Waals surface area contributed by atoms with Gasteiger partial charge in [-0.15, -0.1) is 0 Å². The Kier molecular flexibility index (Phi) is 5.81. The largest absolute Gasteiger partial charge is 0.496 e. The number of carbonyl (C=O) groups is 2.